The summed E-state index contributed by atoms with van der Waals surface area (Å²) in [5, 5.41) is 0.675. The van der Waals surface area contributed by atoms with E-state index in [2.05, 4.69) is 35.2 Å². The smallest absolute Gasteiger partial charge is 0.261 e. The number of benzene rings is 3. The summed E-state index contributed by atoms with van der Waals surface area (Å²) in [6.45, 7) is 3.73. The summed E-state index contributed by atoms with van der Waals surface area (Å²) < 4.78 is 1.86. The Labute approximate surface area is 194 Å². The van der Waals surface area contributed by atoms with Crippen LogP contribution in [-0.4, -0.2) is 34.1 Å². The minimum atomic E-state index is 0.0318. The molecule has 4 heteroatoms. The Morgan fingerprint density at radius 1 is 0.758 bits per heavy atom. The molecule has 0 spiro atoms. The number of hydrogen-bond acceptors (Lipinski definition) is 3. The van der Waals surface area contributed by atoms with Crippen molar-refractivity contribution in [3.8, 4) is 0 Å². The third-order valence-electron chi connectivity index (χ3n) is 6.42. The van der Waals surface area contributed by atoms with Crippen LogP contribution in [0.15, 0.2) is 89.7 Å². The van der Waals surface area contributed by atoms with Gasteiger partial charge in [0.15, 0.2) is 0 Å². The normalized spacial score (nSPS) is 14.3. The van der Waals surface area contributed by atoms with Gasteiger partial charge in [-0.15, -0.1) is 0 Å². The van der Waals surface area contributed by atoms with Gasteiger partial charge in [0.05, 0.1) is 10.9 Å². The monoisotopic (exact) mass is 435 g/mol. The molecule has 0 radical (unpaired) electrons. The largest absolute Gasteiger partial charge is 0.302 e. The van der Waals surface area contributed by atoms with E-state index in [1.807, 2.05) is 65.2 Å². The van der Waals surface area contributed by atoms with Crippen molar-refractivity contribution >= 4 is 22.6 Å². The maximum Gasteiger partial charge on any atom is 0.261 e. The average Bonchev–Trinajstić information content (AvgIpc) is 2.88. The molecule has 2 heterocycles. The van der Waals surface area contributed by atoms with E-state index in [1.54, 1.807) is 0 Å². The van der Waals surface area contributed by atoms with Crippen molar-refractivity contribution in [2.45, 2.75) is 25.8 Å². The van der Waals surface area contributed by atoms with Crippen LogP contribution in [0.4, 0.5) is 0 Å². The van der Waals surface area contributed by atoms with E-state index >= 15 is 0 Å². The summed E-state index contributed by atoms with van der Waals surface area (Å²) in [7, 11) is 0. The maximum absolute atomic E-state index is 13.6. The second kappa shape index (κ2) is 9.97. The lowest BCUT2D eigenvalue weighted by molar-refractivity contribution is 0.219. The highest BCUT2D eigenvalue weighted by Crippen LogP contribution is 2.26. The SMILES string of the molecule is O=c1c2ccccc2nc(C=C(c2ccccc2)c2ccccc2)n1CCN1CCCCC1. The first kappa shape index (κ1) is 21.4. The van der Waals surface area contributed by atoms with Gasteiger partial charge in [-0.25, -0.2) is 4.98 Å². The molecule has 1 aliphatic rings. The molecule has 166 valence electrons. The lowest BCUT2D eigenvalue weighted by atomic mass is 9.97. The first-order valence-electron chi connectivity index (χ1n) is 11.8. The van der Waals surface area contributed by atoms with Gasteiger partial charge in [0, 0.05) is 13.1 Å². The number of hydrogen-bond donors (Lipinski definition) is 0. The molecule has 0 N–H and O–H groups in total. The number of nitrogens with zero attached hydrogens (tertiary/aromatic N) is 3. The van der Waals surface area contributed by atoms with E-state index in [0.29, 0.717) is 17.8 Å². The zero-order valence-electron chi connectivity index (χ0n) is 18.9. The highest BCUT2D eigenvalue weighted by molar-refractivity contribution is 5.91. The van der Waals surface area contributed by atoms with Gasteiger partial charge in [-0.05, 0) is 60.8 Å². The van der Waals surface area contributed by atoms with E-state index in [1.165, 1.54) is 19.3 Å². The van der Waals surface area contributed by atoms with E-state index in [-0.39, 0.29) is 5.56 Å². The lowest BCUT2D eigenvalue weighted by Gasteiger charge is -2.27. The van der Waals surface area contributed by atoms with Crippen LogP contribution >= 0.6 is 0 Å². The molecule has 33 heavy (non-hydrogen) atoms. The van der Waals surface area contributed by atoms with Crippen LogP contribution in [0.2, 0.25) is 0 Å². The molecule has 1 aromatic heterocycles. The predicted molar refractivity (Wildman–Crippen MR) is 136 cm³/mol. The fourth-order valence-electron chi connectivity index (χ4n) is 4.63. The van der Waals surface area contributed by atoms with Crippen molar-refractivity contribution in [2.75, 3.05) is 19.6 Å². The standard InChI is InChI=1S/C29H29N3O/c33-29-25-16-8-9-17-27(25)30-28(32(29)21-20-31-18-10-3-11-19-31)22-26(23-12-4-1-5-13-23)24-14-6-2-7-15-24/h1-2,4-9,12-17,22H,3,10-11,18-21H2. The molecule has 4 nitrogen and oxygen atoms in total. The van der Waals surface area contributed by atoms with Crippen LogP contribution in [0.3, 0.4) is 0 Å². The predicted octanol–water partition coefficient (Wildman–Crippen LogP) is 5.47. The first-order valence-corrected chi connectivity index (χ1v) is 11.8. The molecule has 1 fully saturated rings. The molecule has 0 unspecified atom stereocenters. The summed E-state index contributed by atoms with van der Waals surface area (Å²) in [5.74, 6) is 0.707. The van der Waals surface area contributed by atoms with Crippen molar-refractivity contribution in [3.63, 3.8) is 0 Å². The second-order valence-corrected chi connectivity index (χ2v) is 8.64. The van der Waals surface area contributed by atoms with Crippen LogP contribution < -0.4 is 5.56 Å². The summed E-state index contributed by atoms with van der Waals surface area (Å²) >= 11 is 0. The van der Waals surface area contributed by atoms with Crippen LogP contribution in [0.25, 0.3) is 22.6 Å². The van der Waals surface area contributed by atoms with Crippen molar-refractivity contribution < 1.29 is 0 Å². The summed E-state index contributed by atoms with van der Waals surface area (Å²) in [4.78, 5) is 21.0. The van der Waals surface area contributed by atoms with E-state index < -0.39 is 0 Å². The summed E-state index contributed by atoms with van der Waals surface area (Å²) in [6.07, 6.45) is 5.86. The Morgan fingerprint density at radius 2 is 1.36 bits per heavy atom. The van der Waals surface area contributed by atoms with Crippen LogP contribution in [0, 0.1) is 0 Å². The zero-order valence-corrected chi connectivity index (χ0v) is 18.9. The molecule has 0 atom stereocenters. The summed E-state index contributed by atoms with van der Waals surface area (Å²) in [5.41, 5.74) is 4.04. The Morgan fingerprint density at radius 3 is 2.03 bits per heavy atom. The van der Waals surface area contributed by atoms with Gasteiger partial charge in [-0.2, -0.15) is 0 Å². The van der Waals surface area contributed by atoms with Crippen LogP contribution in [0.1, 0.15) is 36.2 Å². The van der Waals surface area contributed by atoms with Gasteiger partial charge in [0.1, 0.15) is 5.82 Å². The fourth-order valence-corrected chi connectivity index (χ4v) is 4.63. The number of para-hydroxylation sites is 1. The number of fused-ring (bicyclic) bond motifs is 1. The van der Waals surface area contributed by atoms with Gasteiger partial charge in [0.25, 0.3) is 5.56 Å². The summed E-state index contributed by atoms with van der Waals surface area (Å²) in [6, 6.07) is 28.3. The van der Waals surface area contributed by atoms with Gasteiger partial charge in [-0.1, -0.05) is 79.2 Å². The number of aromatic nitrogens is 2. The molecule has 0 saturated carbocycles. The highest BCUT2D eigenvalue weighted by Gasteiger charge is 2.15. The molecule has 3 aromatic carbocycles. The van der Waals surface area contributed by atoms with E-state index in [0.717, 1.165) is 41.9 Å². The van der Waals surface area contributed by atoms with Gasteiger partial charge in [-0.3, -0.25) is 9.36 Å². The zero-order chi connectivity index (χ0) is 22.5. The third kappa shape index (κ3) is 4.81. The maximum atomic E-state index is 13.6. The minimum absolute atomic E-state index is 0.0318. The number of piperidine rings is 1. The van der Waals surface area contributed by atoms with Gasteiger partial charge >= 0.3 is 0 Å². The van der Waals surface area contributed by atoms with Crippen molar-refractivity contribution in [1.82, 2.24) is 14.5 Å². The second-order valence-electron chi connectivity index (χ2n) is 8.64. The van der Waals surface area contributed by atoms with E-state index in [4.69, 9.17) is 4.98 Å². The lowest BCUT2D eigenvalue weighted by Crippen LogP contribution is -2.35. The van der Waals surface area contributed by atoms with Crippen molar-refractivity contribution in [1.29, 1.82) is 0 Å². The Bertz CT molecular complexity index is 1260. The van der Waals surface area contributed by atoms with Gasteiger partial charge < -0.3 is 4.90 Å². The molecule has 0 bridgehead atoms. The molecular weight excluding hydrogens is 406 g/mol. The fraction of sp³-hybridized carbons (Fsp3) is 0.241. The molecule has 0 amide bonds. The van der Waals surface area contributed by atoms with Crippen LogP contribution in [-0.2, 0) is 6.54 Å². The molecule has 1 aliphatic heterocycles. The Balaban J connectivity index is 1.64. The average molecular weight is 436 g/mol. The Hall–Kier alpha value is -3.50. The molecular formula is C29H29N3O. The first-order chi connectivity index (χ1) is 16.3. The van der Waals surface area contributed by atoms with E-state index in [9.17, 15) is 4.79 Å². The number of likely N-dealkylation sites (tertiary alicyclic amines) is 1. The highest BCUT2D eigenvalue weighted by atomic mass is 16.1. The third-order valence-corrected chi connectivity index (χ3v) is 6.42. The quantitative estimate of drug-likeness (QED) is 0.403. The molecule has 0 aliphatic carbocycles. The Kier molecular flexibility index (Phi) is 6.45. The van der Waals surface area contributed by atoms with Crippen molar-refractivity contribution in [3.05, 3.63) is 112 Å². The topological polar surface area (TPSA) is 38.1 Å². The molecule has 1 saturated heterocycles. The van der Waals surface area contributed by atoms with Gasteiger partial charge in [0.2, 0.25) is 0 Å². The van der Waals surface area contributed by atoms with Crippen molar-refractivity contribution in [2.24, 2.45) is 0 Å². The minimum Gasteiger partial charge on any atom is -0.302 e. The molecule has 5 rings (SSSR count). The van der Waals surface area contributed by atoms with Crippen LogP contribution in [0.5, 0.6) is 0 Å². The number of rotatable bonds is 6. The molecule has 4 aromatic rings.